The minimum Gasteiger partial charge on any atom is -0.471 e. The molecule has 0 aliphatic rings. The van der Waals surface area contributed by atoms with Gasteiger partial charge in [-0.1, -0.05) is 26.0 Å². The van der Waals surface area contributed by atoms with Crippen molar-refractivity contribution in [2.45, 2.75) is 46.4 Å². The van der Waals surface area contributed by atoms with Gasteiger partial charge in [0, 0.05) is 25.5 Å². The number of halogens is 1. The van der Waals surface area contributed by atoms with E-state index < -0.39 is 0 Å². The second-order valence-electron chi connectivity index (χ2n) is 7.17. The van der Waals surface area contributed by atoms with Crippen molar-refractivity contribution >= 4 is 21.8 Å². The second-order valence-corrected chi connectivity index (χ2v) is 8.03. The van der Waals surface area contributed by atoms with Crippen molar-refractivity contribution in [1.29, 1.82) is 0 Å². The Hall–Kier alpha value is -2.61. The van der Waals surface area contributed by atoms with Crippen LogP contribution in [0.5, 0.6) is 5.75 Å². The van der Waals surface area contributed by atoms with Crippen LogP contribution in [0.1, 0.15) is 47.9 Å². The van der Waals surface area contributed by atoms with Crippen molar-refractivity contribution in [3.05, 3.63) is 64.1 Å². The Kier molecular flexibility index (Phi) is 7.09. The van der Waals surface area contributed by atoms with Crippen LogP contribution in [0.3, 0.4) is 0 Å². The maximum atomic E-state index is 12.2. The Labute approximate surface area is 179 Å². The van der Waals surface area contributed by atoms with Crippen LogP contribution < -0.4 is 10.1 Å². The van der Waals surface area contributed by atoms with Crippen LogP contribution >= 0.6 is 15.9 Å². The molecule has 2 aromatic heterocycles. The maximum Gasteiger partial charge on any atom is 0.271 e. The fraction of sp³-hybridized carbons (Fsp3) is 0.381. The topological polar surface area (TPSA) is 74.0 Å². The van der Waals surface area contributed by atoms with Crippen LogP contribution in [0, 0.1) is 6.92 Å². The molecular weight excluding hydrogens is 434 g/mol. The quantitative estimate of drug-likeness (QED) is 0.488. The van der Waals surface area contributed by atoms with Gasteiger partial charge in [0.2, 0.25) is 0 Å². The molecule has 3 aromatic rings. The van der Waals surface area contributed by atoms with Crippen molar-refractivity contribution in [2.75, 3.05) is 6.54 Å². The SMILES string of the molecule is Cc1nn(CCCNC(=O)c2ccn(COc3ccc(C(C)C)cc3)n2)cc1Br. The predicted molar refractivity (Wildman–Crippen MR) is 115 cm³/mol. The van der Waals surface area contributed by atoms with Crippen LogP contribution in [0.4, 0.5) is 0 Å². The molecule has 0 radical (unpaired) electrons. The van der Waals surface area contributed by atoms with E-state index >= 15 is 0 Å². The first-order chi connectivity index (χ1) is 13.9. The molecule has 8 heteroatoms. The van der Waals surface area contributed by atoms with Gasteiger partial charge in [0.1, 0.15) is 11.4 Å². The van der Waals surface area contributed by atoms with Crippen LogP contribution in [0.25, 0.3) is 0 Å². The number of hydrogen-bond acceptors (Lipinski definition) is 4. The van der Waals surface area contributed by atoms with E-state index in [1.165, 1.54) is 5.56 Å². The molecule has 29 heavy (non-hydrogen) atoms. The van der Waals surface area contributed by atoms with Gasteiger partial charge in [0.25, 0.3) is 5.91 Å². The van der Waals surface area contributed by atoms with E-state index in [2.05, 4.69) is 57.4 Å². The summed E-state index contributed by atoms with van der Waals surface area (Å²) in [5.41, 5.74) is 2.60. The monoisotopic (exact) mass is 459 g/mol. The van der Waals surface area contributed by atoms with Crippen LogP contribution in [-0.2, 0) is 13.3 Å². The number of hydrogen-bond donors (Lipinski definition) is 1. The van der Waals surface area contributed by atoms with E-state index in [1.807, 2.05) is 29.9 Å². The predicted octanol–water partition coefficient (Wildman–Crippen LogP) is 4.13. The molecule has 0 bridgehead atoms. The largest absolute Gasteiger partial charge is 0.471 e. The zero-order valence-corrected chi connectivity index (χ0v) is 18.5. The van der Waals surface area contributed by atoms with E-state index in [1.54, 1.807) is 16.9 Å². The van der Waals surface area contributed by atoms with Gasteiger partial charge in [-0.2, -0.15) is 10.2 Å². The lowest BCUT2D eigenvalue weighted by Crippen LogP contribution is -2.26. The Morgan fingerprint density at radius 3 is 2.59 bits per heavy atom. The Balaban J connectivity index is 1.42. The third kappa shape index (κ3) is 5.93. The standard InChI is InChI=1S/C21H26BrN5O2/c1-15(2)17-5-7-18(8-6-17)29-14-27-12-9-20(25-27)21(28)23-10-4-11-26-13-19(22)16(3)24-26/h5-9,12-13,15H,4,10-11,14H2,1-3H3,(H,23,28). The van der Waals surface area contributed by atoms with Crippen molar-refractivity contribution in [3.63, 3.8) is 0 Å². The van der Waals surface area contributed by atoms with Crippen molar-refractivity contribution in [3.8, 4) is 5.75 Å². The highest BCUT2D eigenvalue weighted by Gasteiger charge is 2.09. The molecule has 1 aromatic carbocycles. The van der Waals surface area contributed by atoms with Crippen LogP contribution in [0.15, 0.2) is 47.2 Å². The highest BCUT2D eigenvalue weighted by atomic mass is 79.9. The van der Waals surface area contributed by atoms with Gasteiger partial charge in [0.15, 0.2) is 6.73 Å². The summed E-state index contributed by atoms with van der Waals surface area (Å²) in [5, 5.41) is 11.5. The number of nitrogens with zero attached hydrogens (tertiary/aromatic N) is 4. The lowest BCUT2D eigenvalue weighted by atomic mass is 10.0. The summed E-state index contributed by atoms with van der Waals surface area (Å²) >= 11 is 3.44. The third-order valence-corrected chi connectivity index (χ3v) is 5.30. The van der Waals surface area contributed by atoms with Gasteiger partial charge in [0.05, 0.1) is 10.2 Å². The summed E-state index contributed by atoms with van der Waals surface area (Å²) in [4.78, 5) is 12.2. The molecular formula is C21H26BrN5O2. The number of aryl methyl sites for hydroxylation is 2. The number of amides is 1. The average molecular weight is 460 g/mol. The first-order valence-electron chi connectivity index (χ1n) is 9.66. The van der Waals surface area contributed by atoms with E-state index in [0.717, 1.165) is 28.9 Å². The molecule has 0 atom stereocenters. The Morgan fingerprint density at radius 2 is 1.93 bits per heavy atom. The lowest BCUT2D eigenvalue weighted by molar-refractivity contribution is 0.0945. The Morgan fingerprint density at radius 1 is 1.17 bits per heavy atom. The summed E-state index contributed by atoms with van der Waals surface area (Å²) in [6.07, 6.45) is 4.46. The third-order valence-electron chi connectivity index (χ3n) is 4.52. The highest BCUT2D eigenvalue weighted by Crippen LogP contribution is 2.18. The van der Waals surface area contributed by atoms with Gasteiger partial charge >= 0.3 is 0 Å². The highest BCUT2D eigenvalue weighted by molar-refractivity contribution is 9.10. The van der Waals surface area contributed by atoms with Gasteiger partial charge in [-0.15, -0.1) is 0 Å². The summed E-state index contributed by atoms with van der Waals surface area (Å²) in [7, 11) is 0. The molecule has 2 heterocycles. The smallest absolute Gasteiger partial charge is 0.271 e. The molecule has 0 aliphatic carbocycles. The number of nitrogens with one attached hydrogen (secondary N) is 1. The minimum absolute atomic E-state index is 0.192. The summed E-state index contributed by atoms with van der Waals surface area (Å²) in [6.45, 7) is 7.81. The lowest BCUT2D eigenvalue weighted by Gasteiger charge is -2.09. The first-order valence-corrected chi connectivity index (χ1v) is 10.5. The van der Waals surface area contributed by atoms with Gasteiger partial charge in [-0.25, -0.2) is 4.68 Å². The van der Waals surface area contributed by atoms with Gasteiger partial charge < -0.3 is 10.1 Å². The normalized spacial score (nSPS) is 11.1. The first kappa shape index (κ1) is 21.1. The summed E-state index contributed by atoms with van der Waals surface area (Å²) < 4.78 is 10.2. The fourth-order valence-corrected chi connectivity index (χ4v) is 3.10. The van der Waals surface area contributed by atoms with E-state index in [-0.39, 0.29) is 12.6 Å². The number of benzene rings is 1. The molecule has 0 fully saturated rings. The van der Waals surface area contributed by atoms with Gasteiger partial charge in [-0.3, -0.25) is 9.48 Å². The maximum absolute atomic E-state index is 12.2. The number of ether oxygens (including phenoxy) is 1. The molecule has 0 saturated carbocycles. The number of carbonyl (C=O) groups excluding carboxylic acids is 1. The van der Waals surface area contributed by atoms with E-state index in [4.69, 9.17) is 4.74 Å². The van der Waals surface area contributed by atoms with Crippen molar-refractivity contribution < 1.29 is 9.53 Å². The molecule has 7 nitrogen and oxygen atoms in total. The van der Waals surface area contributed by atoms with Crippen LogP contribution in [-0.4, -0.2) is 32.0 Å². The van der Waals surface area contributed by atoms with Crippen LogP contribution in [0.2, 0.25) is 0 Å². The molecule has 1 amide bonds. The molecule has 154 valence electrons. The average Bonchev–Trinajstić information content (AvgIpc) is 3.30. The molecule has 1 N–H and O–H groups in total. The number of aromatic nitrogens is 4. The fourth-order valence-electron chi connectivity index (χ4n) is 2.79. The van der Waals surface area contributed by atoms with Crippen molar-refractivity contribution in [2.24, 2.45) is 0 Å². The molecule has 0 spiro atoms. The molecule has 3 rings (SSSR count). The zero-order valence-electron chi connectivity index (χ0n) is 16.9. The number of carbonyl (C=O) groups is 1. The molecule has 0 unspecified atom stereocenters. The summed E-state index contributed by atoms with van der Waals surface area (Å²) in [6, 6.07) is 9.71. The van der Waals surface area contributed by atoms with E-state index in [0.29, 0.717) is 18.2 Å². The van der Waals surface area contributed by atoms with Crippen molar-refractivity contribution in [1.82, 2.24) is 24.9 Å². The van der Waals surface area contributed by atoms with Gasteiger partial charge in [-0.05, 0) is 59.0 Å². The molecule has 0 saturated heterocycles. The summed E-state index contributed by atoms with van der Waals surface area (Å²) in [5.74, 6) is 1.07. The Bertz CT molecular complexity index is 927. The molecule has 0 aliphatic heterocycles. The zero-order chi connectivity index (χ0) is 20.8. The van der Waals surface area contributed by atoms with E-state index in [9.17, 15) is 4.79 Å². The number of rotatable bonds is 9. The minimum atomic E-state index is -0.192. The second kappa shape index (κ2) is 9.73.